The predicted molar refractivity (Wildman–Crippen MR) is 308 cm³/mol. The van der Waals surface area contributed by atoms with Crippen LogP contribution in [-0.2, 0) is 37.6 Å². The fourth-order valence-electron chi connectivity index (χ4n) is 9.82. The van der Waals surface area contributed by atoms with Crippen LogP contribution in [0.1, 0.15) is 52.1 Å². The molecule has 6 aromatic rings. The molecule has 0 saturated carbocycles. The first-order valence-corrected chi connectivity index (χ1v) is 32.5. The molecule has 430 valence electrons. The Morgan fingerprint density at radius 2 is 1.21 bits per heavy atom. The lowest BCUT2D eigenvalue weighted by Gasteiger charge is -2.32. The summed E-state index contributed by atoms with van der Waals surface area (Å²) in [4.78, 5) is 2.77. The predicted octanol–water partition coefficient (Wildman–Crippen LogP) is 13.0. The average molecular weight is 1190 g/mol. The lowest BCUT2D eigenvalue weighted by Crippen LogP contribution is -2.40. The highest BCUT2D eigenvalue weighted by atomic mass is 32.1. The lowest BCUT2D eigenvalue weighted by atomic mass is 10.0. The summed E-state index contributed by atoms with van der Waals surface area (Å²) in [5.74, 6) is 11.8. The van der Waals surface area contributed by atoms with Crippen molar-refractivity contribution in [1.29, 1.82) is 0 Å². The van der Waals surface area contributed by atoms with Crippen molar-refractivity contribution in [3.8, 4) is 35.2 Å². The molecule has 0 amide bonds. The van der Waals surface area contributed by atoms with Gasteiger partial charge < -0.3 is 54.2 Å². The van der Waals surface area contributed by atoms with Crippen molar-refractivity contribution >= 4 is 90.5 Å². The van der Waals surface area contributed by atoms with Crippen molar-refractivity contribution < 1.29 is 63.2 Å². The molecule has 4 aromatic carbocycles. The number of rotatable bonds is 21. The van der Waals surface area contributed by atoms with Gasteiger partial charge >= 0.3 is 12.4 Å². The van der Waals surface area contributed by atoms with Gasteiger partial charge in [0.25, 0.3) is 0 Å². The Hall–Kier alpha value is -5.50. The van der Waals surface area contributed by atoms with Crippen molar-refractivity contribution in [1.82, 2.24) is 4.90 Å². The van der Waals surface area contributed by atoms with Crippen LogP contribution in [0.3, 0.4) is 0 Å². The number of hydrogen-bond acceptors (Lipinski definition) is 13. The van der Waals surface area contributed by atoms with E-state index in [0.717, 1.165) is 49.5 Å². The number of nitrogens with one attached hydrogen (secondary N) is 4. The quantitative estimate of drug-likeness (QED) is 0.0313. The van der Waals surface area contributed by atoms with Crippen LogP contribution >= 0.6 is 37.0 Å². The van der Waals surface area contributed by atoms with E-state index in [1.165, 1.54) is 30.1 Å². The number of anilines is 4. The molecule has 23 heteroatoms. The van der Waals surface area contributed by atoms with Gasteiger partial charge in [0.1, 0.15) is 25.8 Å². The maximum atomic E-state index is 14.9. The van der Waals surface area contributed by atoms with Gasteiger partial charge in [-0.3, -0.25) is 0 Å². The van der Waals surface area contributed by atoms with Crippen molar-refractivity contribution in [2.75, 3.05) is 115 Å². The van der Waals surface area contributed by atoms with Gasteiger partial charge in [0, 0.05) is 68.8 Å². The molecule has 2 saturated heterocycles. The summed E-state index contributed by atoms with van der Waals surface area (Å²) in [6.45, 7) is 6.34. The van der Waals surface area contributed by atoms with Crippen LogP contribution in [0, 0.1) is 23.7 Å². The molecule has 2 aliphatic heterocycles. The van der Waals surface area contributed by atoms with E-state index in [2.05, 4.69) is 49.8 Å². The highest BCUT2D eigenvalue weighted by molar-refractivity contribution is 7.70. The first-order valence-electron chi connectivity index (χ1n) is 25.9. The minimum atomic E-state index is -4.63. The Morgan fingerprint density at radius 1 is 0.675 bits per heavy atom. The molecule has 0 aliphatic carbocycles. The first-order chi connectivity index (χ1) is 38.1. The summed E-state index contributed by atoms with van der Waals surface area (Å²) in [5, 5.41) is 14.7. The second-order valence-electron chi connectivity index (χ2n) is 20.2. The number of alkyl halides is 8. The second kappa shape index (κ2) is 26.6. The molecule has 2 aliphatic rings. The number of nitrogens with zero attached hydrogens (tertiary/aromatic N) is 1. The van der Waals surface area contributed by atoms with Gasteiger partial charge in [-0.1, -0.05) is 35.8 Å². The summed E-state index contributed by atoms with van der Waals surface area (Å²) in [6, 6.07) is 18.0. The number of piperidine rings is 1. The molecule has 8 rings (SSSR count). The van der Waals surface area contributed by atoms with Gasteiger partial charge in [0.15, 0.2) is 0 Å². The number of fused-ring (bicyclic) bond motifs is 2. The molecule has 2 aromatic heterocycles. The summed E-state index contributed by atoms with van der Waals surface area (Å²) >= 11 is 2.29. The largest absolute Gasteiger partial charge is 0.461 e. The SMILES string of the molecule is COCCN1CCC(Nc2cccc3c(CC(F)(F)F)c(C#CCNc4ccc(P(C)(=O)Cc5cc(NC6CCOCC6)c6sc(C#CCNc7ccc(P(C)(C)=O)cc7OCF)c(CC(F)(F)F)c6c5)cc4OCF)sc23)CC1. The second-order valence-corrected chi connectivity index (χ2v) is 28.5. The van der Waals surface area contributed by atoms with Crippen LogP contribution < -0.4 is 41.3 Å². The summed E-state index contributed by atoms with van der Waals surface area (Å²) < 4.78 is 163. The summed E-state index contributed by atoms with van der Waals surface area (Å²) in [6.07, 6.45) is -8.66. The fraction of sp³-hybridized carbons (Fsp3) is 0.439. The third kappa shape index (κ3) is 16.1. The molecule has 80 heavy (non-hydrogen) atoms. The van der Waals surface area contributed by atoms with E-state index in [1.807, 2.05) is 6.07 Å². The zero-order valence-corrected chi connectivity index (χ0v) is 48.1. The van der Waals surface area contributed by atoms with E-state index in [1.54, 1.807) is 69.0 Å². The molecular weight excluding hydrogens is 1130 g/mol. The Labute approximate surface area is 468 Å². The zero-order chi connectivity index (χ0) is 57.2. The maximum absolute atomic E-state index is 14.9. The zero-order valence-electron chi connectivity index (χ0n) is 44.7. The highest BCUT2D eigenvalue weighted by Crippen LogP contribution is 2.49. The molecule has 0 spiro atoms. The van der Waals surface area contributed by atoms with Crippen LogP contribution in [0.25, 0.3) is 20.2 Å². The third-order valence-electron chi connectivity index (χ3n) is 13.8. The molecule has 1 atom stereocenters. The monoisotopic (exact) mass is 1190 g/mol. The molecule has 4 heterocycles. The number of hydrogen-bond donors (Lipinski definition) is 4. The van der Waals surface area contributed by atoms with Crippen molar-refractivity contribution in [3.63, 3.8) is 0 Å². The standard InChI is InChI=1S/C57H63F8N5O6P2S2/c1-73-27-24-70-22-16-38(17-23-70)68-48-9-5-8-42-44(32-56(60,61)62)52(79-54(42)48)10-6-20-67-47-15-13-41(31-51(47)76-36-59)78(4,72)34-37-28-43-45(33-57(63,64)65)53(80-55(43)49(29-37)69-39-18-25-74-26-19-39)11-7-21-66-46-14-12-40(77(2,3)71)30-50(46)75-35-58/h5,8-9,12-15,28-31,38-39,66-69H,16-27,32-36H2,1-4H3. The van der Waals surface area contributed by atoms with Crippen LogP contribution in [0.15, 0.2) is 66.7 Å². The van der Waals surface area contributed by atoms with Crippen LogP contribution in [0.2, 0.25) is 0 Å². The van der Waals surface area contributed by atoms with Crippen LogP contribution in [-0.4, -0.2) is 123 Å². The lowest BCUT2D eigenvalue weighted by molar-refractivity contribution is -0.127. The van der Waals surface area contributed by atoms with Gasteiger partial charge in [-0.05, 0) is 128 Å². The number of thiophene rings is 2. The Balaban J connectivity index is 1.04. The first kappa shape index (κ1) is 60.6. The molecule has 11 nitrogen and oxygen atoms in total. The van der Waals surface area contributed by atoms with Gasteiger partial charge in [0.05, 0.1) is 74.4 Å². The molecule has 0 radical (unpaired) electrons. The third-order valence-corrected chi connectivity index (χ3v) is 20.1. The number of ether oxygens (including phenoxy) is 4. The number of halogens is 8. The number of benzene rings is 4. The van der Waals surface area contributed by atoms with Crippen molar-refractivity contribution in [2.45, 2.75) is 69.1 Å². The van der Waals surface area contributed by atoms with Gasteiger partial charge in [-0.2, -0.15) is 26.3 Å². The average Bonchev–Trinajstić information content (AvgIpc) is 4.12. The molecule has 2 fully saturated rings. The van der Waals surface area contributed by atoms with E-state index in [9.17, 15) is 44.3 Å². The van der Waals surface area contributed by atoms with Gasteiger partial charge in [-0.15, -0.1) is 22.7 Å². The van der Waals surface area contributed by atoms with Gasteiger partial charge in [-0.25, -0.2) is 8.78 Å². The number of likely N-dealkylation sites (tertiary alicyclic amines) is 1. The van der Waals surface area contributed by atoms with E-state index >= 15 is 0 Å². The minimum Gasteiger partial charge on any atom is -0.461 e. The topological polar surface area (TPSA) is 122 Å². The molecule has 0 bridgehead atoms. The Morgan fingerprint density at radius 3 is 1.77 bits per heavy atom. The van der Waals surface area contributed by atoms with E-state index < -0.39 is 53.2 Å². The van der Waals surface area contributed by atoms with E-state index in [0.29, 0.717) is 80.4 Å². The molecule has 4 N–H and O–H groups in total. The molecular formula is C57H63F8N5O6P2S2. The summed E-state index contributed by atoms with van der Waals surface area (Å²) in [7, 11) is -4.48. The van der Waals surface area contributed by atoms with Crippen LogP contribution in [0.5, 0.6) is 11.5 Å². The smallest absolute Gasteiger partial charge is 0.393 e. The maximum Gasteiger partial charge on any atom is 0.393 e. The Bertz CT molecular complexity index is 3370. The Kier molecular flexibility index (Phi) is 20.2. The van der Waals surface area contributed by atoms with E-state index in [-0.39, 0.29) is 69.4 Å². The number of methoxy groups -OCH3 is 1. The summed E-state index contributed by atoms with van der Waals surface area (Å²) in [5.41, 5.74) is 2.45. The fourth-order valence-corrected chi connectivity index (χ4v) is 14.8. The normalized spacial score (nSPS) is 15.7. The van der Waals surface area contributed by atoms with E-state index in [4.69, 9.17) is 18.9 Å². The van der Waals surface area contributed by atoms with Crippen molar-refractivity contribution in [2.24, 2.45) is 0 Å². The van der Waals surface area contributed by atoms with Gasteiger partial charge in [0.2, 0.25) is 13.7 Å². The van der Waals surface area contributed by atoms with Crippen molar-refractivity contribution in [3.05, 3.63) is 93.2 Å². The highest BCUT2D eigenvalue weighted by Gasteiger charge is 2.34. The van der Waals surface area contributed by atoms with Crippen LogP contribution in [0.4, 0.5) is 57.9 Å². The minimum absolute atomic E-state index is 0.00462. The molecule has 1 unspecified atom stereocenters.